The van der Waals surface area contributed by atoms with E-state index >= 15 is 0 Å². The average Bonchev–Trinajstić information content (AvgIpc) is 3.07. The van der Waals surface area contributed by atoms with Crippen LogP contribution in [-0.2, 0) is 61.9 Å². The monoisotopic (exact) mass is 552 g/mol. The molecule has 2 aliphatic rings. The minimum Gasteiger partial charge on any atom is -0.463 e. The van der Waals surface area contributed by atoms with E-state index in [1.807, 2.05) is 0 Å². The number of esters is 5. The van der Waals surface area contributed by atoms with Crippen molar-refractivity contribution >= 4 is 29.8 Å². The second-order valence-electron chi connectivity index (χ2n) is 8.55. The maximum Gasteiger partial charge on any atom is 0.303 e. The number of hydrogen-bond donors (Lipinski definition) is 3. The van der Waals surface area contributed by atoms with Crippen LogP contribution < -0.4 is 0 Å². The summed E-state index contributed by atoms with van der Waals surface area (Å²) in [6, 6.07) is 0. The molecule has 0 saturated carbocycles. The van der Waals surface area contributed by atoms with Gasteiger partial charge in [-0.3, -0.25) is 24.0 Å². The largest absolute Gasteiger partial charge is 0.463 e. The summed E-state index contributed by atoms with van der Waals surface area (Å²) in [6.07, 6.45) is -13.1. The van der Waals surface area contributed by atoms with Gasteiger partial charge in [-0.1, -0.05) is 0 Å². The number of rotatable bonds is 10. The maximum absolute atomic E-state index is 12.1. The Hall–Kier alpha value is -2.89. The van der Waals surface area contributed by atoms with Crippen molar-refractivity contribution in [2.45, 2.75) is 89.4 Å². The predicted octanol–water partition coefficient (Wildman–Crippen LogP) is -2.54. The highest BCUT2D eigenvalue weighted by Gasteiger charge is 2.64. The van der Waals surface area contributed by atoms with Gasteiger partial charge in [0.2, 0.25) is 12.1 Å². The summed E-state index contributed by atoms with van der Waals surface area (Å²) in [5.74, 6) is -6.61. The van der Waals surface area contributed by atoms with E-state index in [0.717, 1.165) is 34.6 Å². The number of carbonyl (C=O) groups is 5. The van der Waals surface area contributed by atoms with Crippen LogP contribution in [0.25, 0.3) is 0 Å². The number of ether oxygens (including phenoxy) is 8. The Bertz CT molecular complexity index is 891. The van der Waals surface area contributed by atoms with Crippen molar-refractivity contribution in [3.63, 3.8) is 0 Å². The third-order valence-corrected chi connectivity index (χ3v) is 5.41. The molecule has 2 fully saturated rings. The molecule has 0 radical (unpaired) electrons. The van der Waals surface area contributed by atoms with Crippen LogP contribution in [0.2, 0.25) is 0 Å². The zero-order valence-electron chi connectivity index (χ0n) is 21.4. The molecule has 0 aromatic carbocycles. The smallest absolute Gasteiger partial charge is 0.303 e. The van der Waals surface area contributed by atoms with Gasteiger partial charge >= 0.3 is 29.8 Å². The van der Waals surface area contributed by atoms with Crippen molar-refractivity contribution in [1.29, 1.82) is 0 Å². The van der Waals surface area contributed by atoms with E-state index < -0.39 is 104 Å². The zero-order chi connectivity index (χ0) is 28.8. The van der Waals surface area contributed by atoms with Crippen molar-refractivity contribution in [3.05, 3.63) is 0 Å². The van der Waals surface area contributed by atoms with Crippen LogP contribution >= 0.6 is 0 Å². The maximum atomic E-state index is 12.1. The molecular formula is C22H32O16. The second kappa shape index (κ2) is 13.3. The summed E-state index contributed by atoms with van der Waals surface area (Å²) < 4.78 is 43.1. The van der Waals surface area contributed by atoms with Gasteiger partial charge in [-0.25, -0.2) is 0 Å². The van der Waals surface area contributed by atoms with Crippen LogP contribution in [0, 0.1) is 0 Å². The van der Waals surface area contributed by atoms with Crippen LogP contribution in [0.5, 0.6) is 0 Å². The Labute approximate surface area is 216 Å². The lowest BCUT2D eigenvalue weighted by Crippen LogP contribution is -2.64. The summed E-state index contributed by atoms with van der Waals surface area (Å²) in [7, 11) is 0. The fourth-order valence-corrected chi connectivity index (χ4v) is 3.94. The Morgan fingerprint density at radius 2 is 1.29 bits per heavy atom. The van der Waals surface area contributed by atoms with E-state index in [4.69, 9.17) is 37.9 Å². The quantitative estimate of drug-likeness (QED) is 0.188. The average molecular weight is 552 g/mol. The van der Waals surface area contributed by atoms with E-state index in [9.17, 15) is 39.3 Å². The molecule has 0 bridgehead atoms. The number of aliphatic hydroxyl groups is 3. The van der Waals surface area contributed by atoms with Gasteiger partial charge < -0.3 is 53.2 Å². The van der Waals surface area contributed by atoms with Gasteiger partial charge in [-0.2, -0.15) is 0 Å². The van der Waals surface area contributed by atoms with Crippen LogP contribution in [-0.4, -0.2) is 120 Å². The molecule has 16 heteroatoms. The van der Waals surface area contributed by atoms with Gasteiger partial charge in [-0.05, 0) is 0 Å². The van der Waals surface area contributed by atoms with Gasteiger partial charge in [0, 0.05) is 34.6 Å². The lowest BCUT2D eigenvalue weighted by atomic mass is 9.98. The number of carbonyl (C=O) groups excluding carboxylic acids is 5. The lowest BCUT2D eigenvalue weighted by Gasteiger charge is -2.44. The highest BCUT2D eigenvalue weighted by atomic mass is 16.8. The molecule has 0 amide bonds. The summed E-state index contributed by atoms with van der Waals surface area (Å²) in [5.41, 5.74) is 0. The third-order valence-electron chi connectivity index (χ3n) is 5.41. The van der Waals surface area contributed by atoms with Gasteiger partial charge in [0.25, 0.3) is 0 Å². The predicted molar refractivity (Wildman–Crippen MR) is 116 cm³/mol. The van der Waals surface area contributed by atoms with Crippen LogP contribution in [0.3, 0.4) is 0 Å². The second-order valence-corrected chi connectivity index (χ2v) is 8.55. The fourth-order valence-electron chi connectivity index (χ4n) is 3.94. The Kier molecular flexibility index (Phi) is 10.9. The highest BCUT2D eigenvalue weighted by Crippen LogP contribution is 2.40. The molecule has 0 unspecified atom stereocenters. The van der Waals surface area contributed by atoms with Gasteiger partial charge in [0.15, 0.2) is 18.3 Å². The first-order valence-electron chi connectivity index (χ1n) is 11.5. The van der Waals surface area contributed by atoms with Crippen LogP contribution in [0.1, 0.15) is 34.6 Å². The minimum absolute atomic E-state index is 0.532. The standard InChI is InChI=1S/C22H32O16/c1-9(24)31-7-15-18(33-11(3)26)20(35-13(5)28)22(37-15,8-32-10(2)25)38-21-19(34-12(4)27)17(30)16(29)14(6-23)36-21/h14-21,23,29-30H,6-8H2,1-5H3/t14-,15-,16-,17+,18-,19-,20+,21-,22+/m1/s1. The molecule has 2 saturated heterocycles. The Morgan fingerprint density at radius 1 is 0.737 bits per heavy atom. The highest BCUT2D eigenvalue weighted by molar-refractivity contribution is 5.68. The van der Waals surface area contributed by atoms with Crippen LogP contribution in [0.15, 0.2) is 0 Å². The molecule has 216 valence electrons. The van der Waals surface area contributed by atoms with E-state index in [0.29, 0.717) is 0 Å². The first-order valence-corrected chi connectivity index (χ1v) is 11.5. The number of aliphatic hydroxyl groups excluding tert-OH is 3. The first-order chi connectivity index (χ1) is 17.7. The fraction of sp³-hybridized carbons (Fsp3) is 0.773. The topological polar surface area (TPSA) is 220 Å². The summed E-state index contributed by atoms with van der Waals surface area (Å²) in [4.78, 5) is 58.8. The molecule has 2 aliphatic heterocycles. The summed E-state index contributed by atoms with van der Waals surface area (Å²) >= 11 is 0. The molecule has 0 spiro atoms. The molecule has 38 heavy (non-hydrogen) atoms. The summed E-state index contributed by atoms with van der Waals surface area (Å²) in [5, 5.41) is 30.4. The normalized spacial score (nSPS) is 34.6. The molecule has 0 aliphatic carbocycles. The molecule has 2 rings (SSSR count). The van der Waals surface area contributed by atoms with Crippen molar-refractivity contribution in [2.24, 2.45) is 0 Å². The Balaban J connectivity index is 2.60. The van der Waals surface area contributed by atoms with E-state index in [-0.39, 0.29) is 0 Å². The zero-order valence-corrected chi connectivity index (χ0v) is 21.4. The Morgan fingerprint density at radius 3 is 1.79 bits per heavy atom. The minimum atomic E-state index is -2.37. The van der Waals surface area contributed by atoms with Crippen molar-refractivity contribution < 1.29 is 77.2 Å². The molecule has 0 aromatic heterocycles. The molecule has 2 heterocycles. The third kappa shape index (κ3) is 7.81. The molecule has 3 N–H and O–H groups in total. The van der Waals surface area contributed by atoms with Gasteiger partial charge in [-0.15, -0.1) is 0 Å². The van der Waals surface area contributed by atoms with E-state index in [2.05, 4.69) is 0 Å². The van der Waals surface area contributed by atoms with E-state index in [1.165, 1.54) is 0 Å². The van der Waals surface area contributed by atoms with Crippen molar-refractivity contribution in [1.82, 2.24) is 0 Å². The van der Waals surface area contributed by atoms with Gasteiger partial charge in [0.05, 0.1) is 6.61 Å². The van der Waals surface area contributed by atoms with Crippen molar-refractivity contribution in [3.8, 4) is 0 Å². The van der Waals surface area contributed by atoms with E-state index in [1.54, 1.807) is 0 Å². The van der Waals surface area contributed by atoms with Gasteiger partial charge in [0.1, 0.15) is 37.6 Å². The van der Waals surface area contributed by atoms with Crippen molar-refractivity contribution in [2.75, 3.05) is 19.8 Å². The SMILES string of the molecule is CC(=O)OC[C@H]1O[C@@](COC(C)=O)(O[C@H]2O[C@H](CO)[C@@H](O)[C@H](O)[C@H]2OC(C)=O)[C@@H](OC(C)=O)[C@@H]1OC(C)=O. The molecule has 0 aromatic rings. The summed E-state index contributed by atoms with van der Waals surface area (Å²) in [6.45, 7) is 3.04. The first kappa shape index (κ1) is 31.3. The number of hydrogen-bond acceptors (Lipinski definition) is 16. The molecule has 16 nitrogen and oxygen atoms in total. The lowest BCUT2D eigenvalue weighted by molar-refractivity contribution is -0.384. The molecule has 9 atom stereocenters. The van der Waals surface area contributed by atoms with Crippen LogP contribution in [0.4, 0.5) is 0 Å². The molecular weight excluding hydrogens is 520 g/mol.